The summed E-state index contributed by atoms with van der Waals surface area (Å²) >= 11 is 0. The van der Waals surface area contributed by atoms with Crippen LogP contribution in [0.4, 0.5) is 11.4 Å². The standard InChI is InChI=1S/C16H21N3O4/c1-12(20)17-13-2-3-14-15(10-13)23-11-16(21)19(14)5-4-18-6-8-22-9-7-18/h2-3,10H,4-9,11H2,1H3,(H,17,20). The molecule has 2 aliphatic rings. The van der Waals surface area contributed by atoms with Gasteiger partial charge in [0.15, 0.2) is 6.61 Å². The highest BCUT2D eigenvalue weighted by atomic mass is 16.5. The van der Waals surface area contributed by atoms with Crippen molar-refractivity contribution in [3.8, 4) is 5.75 Å². The summed E-state index contributed by atoms with van der Waals surface area (Å²) in [6, 6.07) is 5.35. The second-order valence-electron chi connectivity index (χ2n) is 5.65. The molecule has 124 valence electrons. The zero-order chi connectivity index (χ0) is 16.2. The first kappa shape index (κ1) is 15.8. The first-order valence-corrected chi connectivity index (χ1v) is 7.78. The second-order valence-corrected chi connectivity index (χ2v) is 5.65. The zero-order valence-electron chi connectivity index (χ0n) is 13.2. The Hall–Kier alpha value is -2.12. The molecule has 0 aliphatic carbocycles. The predicted molar refractivity (Wildman–Crippen MR) is 85.9 cm³/mol. The number of benzene rings is 1. The predicted octanol–water partition coefficient (Wildman–Crippen LogP) is 0.703. The SMILES string of the molecule is CC(=O)Nc1ccc2c(c1)OCC(=O)N2CCN1CCOCC1. The molecule has 3 rings (SSSR count). The van der Waals surface area contributed by atoms with Gasteiger partial charge >= 0.3 is 0 Å². The van der Waals surface area contributed by atoms with E-state index in [1.807, 2.05) is 6.07 Å². The molecule has 1 N–H and O–H groups in total. The van der Waals surface area contributed by atoms with Crippen LogP contribution < -0.4 is 15.0 Å². The molecule has 7 heteroatoms. The summed E-state index contributed by atoms with van der Waals surface area (Å²) in [7, 11) is 0. The van der Waals surface area contributed by atoms with E-state index >= 15 is 0 Å². The normalized spacial score (nSPS) is 18.3. The molecule has 0 aromatic heterocycles. The van der Waals surface area contributed by atoms with E-state index in [-0.39, 0.29) is 18.4 Å². The van der Waals surface area contributed by atoms with Crippen molar-refractivity contribution >= 4 is 23.2 Å². The minimum absolute atomic E-state index is 0.0274. The lowest BCUT2D eigenvalue weighted by Crippen LogP contribution is -2.45. The van der Waals surface area contributed by atoms with Crippen molar-refractivity contribution in [3.05, 3.63) is 18.2 Å². The minimum Gasteiger partial charge on any atom is -0.481 e. The fraction of sp³-hybridized carbons (Fsp3) is 0.500. The lowest BCUT2D eigenvalue weighted by atomic mass is 10.2. The molecule has 1 fully saturated rings. The number of carbonyl (C=O) groups is 2. The fourth-order valence-corrected chi connectivity index (χ4v) is 2.80. The molecule has 7 nitrogen and oxygen atoms in total. The van der Waals surface area contributed by atoms with Gasteiger partial charge in [0.2, 0.25) is 5.91 Å². The molecule has 2 aliphatic heterocycles. The summed E-state index contributed by atoms with van der Waals surface area (Å²) < 4.78 is 10.8. The Morgan fingerprint density at radius 2 is 2.04 bits per heavy atom. The monoisotopic (exact) mass is 319 g/mol. The number of hydrogen-bond donors (Lipinski definition) is 1. The van der Waals surface area contributed by atoms with Crippen molar-refractivity contribution in [2.45, 2.75) is 6.92 Å². The zero-order valence-corrected chi connectivity index (χ0v) is 13.2. The highest BCUT2D eigenvalue weighted by molar-refractivity contribution is 5.98. The van der Waals surface area contributed by atoms with E-state index in [1.165, 1.54) is 6.92 Å². The molecule has 0 radical (unpaired) electrons. The van der Waals surface area contributed by atoms with Gasteiger partial charge < -0.3 is 19.7 Å². The van der Waals surface area contributed by atoms with Crippen LogP contribution in [0, 0.1) is 0 Å². The summed E-state index contributed by atoms with van der Waals surface area (Å²) in [6.07, 6.45) is 0. The maximum atomic E-state index is 12.2. The number of carbonyl (C=O) groups excluding carboxylic acids is 2. The van der Waals surface area contributed by atoms with Crippen LogP contribution in [0.3, 0.4) is 0 Å². The Balaban J connectivity index is 1.71. The third kappa shape index (κ3) is 3.80. The molecule has 0 saturated carbocycles. The Morgan fingerprint density at radius 3 is 2.78 bits per heavy atom. The Bertz CT molecular complexity index is 599. The van der Waals surface area contributed by atoms with Gasteiger partial charge in [0.1, 0.15) is 5.75 Å². The van der Waals surface area contributed by atoms with Crippen LogP contribution in [-0.2, 0) is 14.3 Å². The van der Waals surface area contributed by atoms with Crippen LogP contribution >= 0.6 is 0 Å². The Morgan fingerprint density at radius 1 is 1.26 bits per heavy atom. The van der Waals surface area contributed by atoms with Crippen LogP contribution in [0.2, 0.25) is 0 Å². The molecule has 0 bridgehead atoms. The van der Waals surface area contributed by atoms with Crippen molar-refractivity contribution < 1.29 is 19.1 Å². The van der Waals surface area contributed by atoms with E-state index in [4.69, 9.17) is 9.47 Å². The molecule has 1 saturated heterocycles. The largest absolute Gasteiger partial charge is 0.481 e. The van der Waals surface area contributed by atoms with E-state index in [0.717, 1.165) is 38.5 Å². The van der Waals surface area contributed by atoms with E-state index in [1.54, 1.807) is 17.0 Å². The highest BCUT2D eigenvalue weighted by Gasteiger charge is 2.26. The number of amides is 2. The quantitative estimate of drug-likeness (QED) is 0.885. The third-order valence-electron chi connectivity index (χ3n) is 3.97. The fourth-order valence-electron chi connectivity index (χ4n) is 2.80. The topological polar surface area (TPSA) is 71.1 Å². The lowest BCUT2D eigenvalue weighted by molar-refractivity contribution is -0.121. The van der Waals surface area contributed by atoms with Gasteiger partial charge in [-0.15, -0.1) is 0 Å². The van der Waals surface area contributed by atoms with Gasteiger partial charge in [-0.2, -0.15) is 0 Å². The lowest BCUT2D eigenvalue weighted by Gasteiger charge is -2.33. The number of fused-ring (bicyclic) bond motifs is 1. The maximum Gasteiger partial charge on any atom is 0.265 e. The Labute approximate surface area is 135 Å². The van der Waals surface area contributed by atoms with Crippen LogP contribution in [0.25, 0.3) is 0 Å². The third-order valence-corrected chi connectivity index (χ3v) is 3.97. The number of hydrogen-bond acceptors (Lipinski definition) is 5. The highest BCUT2D eigenvalue weighted by Crippen LogP contribution is 2.34. The van der Waals surface area contributed by atoms with E-state index in [0.29, 0.717) is 18.0 Å². The van der Waals surface area contributed by atoms with E-state index < -0.39 is 0 Å². The first-order valence-electron chi connectivity index (χ1n) is 7.78. The van der Waals surface area contributed by atoms with Crippen LogP contribution in [0.5, 0.6) is 5.75 Å². The van der Waals surface area contributed by atoms with Crippen molar-refractivity contribution in [1.29, 1.82) is 0 Å². The van der Waals surface area contributed by atoms with Crippen LogP contribution in [0.15, 0.2) is 18.2 Å². The average molecular weight is 319 g/mol. The van der Waals surface area contributed by atoms with Gasteiger partial charge in [-0.05, 0) is 12.1 Å². The Kier molecular flexibility index (Phi) is 4.78. The molecule has 1 aromatic rings. The summed E-state index contributed by atoms with van der Waals surface area (Å²) in [4.78, 5) is 27.4. The van der Waals surface area contributed by atoms with E-state index in [2.05, 4.69) is 10.2 Å². The van der Waals surface area contributed by atoms with Crippen molar-refractivity contribution in [1.82, 2.24) is 4.90 Å². The van der Waals surface area contributed by atoms with Gasteiger partial charge in [0.25, 0.3) is 5.91 Å². The summed E-state index contributed by atoms with van der Waals surface area (Å²) in [6.45, 7) is 6.19. The minimum atomic E-state index is -0.138. The number of ether oxygens (including phenoxy) is 2. The molecular weight excluding hydrogens is 298 g/mol. The molecule has 2 amide bonds. The number of anilines is 2. The van der Waals surface area contributed by atoms with Gasteiger partial charge in [-0.1, -0.05) is 0 Å². The summed E-state index contributed by atoms with van der Waals surface area (Å²) in [5.41, 5.74) is 1.42. The molecule has 1 aromatic carbocycles. The summed E-state index contributed by atoms with van der Waals surface area (Å²) in [5.74, 6) is 0.442. The first-order chi connectivity index (χ1) is 11.1. The van der Waals surface area contributed by atoms with E-state index in [9.17, 15) is 9.59 Å². The van der Waals surface area contributed by atoms with Gasteiger partial charge in [0.05, 0.1) is 18.9 Å². The van der Waals surface area contributed by atoms with Crippen LogP contribution in [0.1, 0.15) is 6.92 Å². The molecule has 0 atom stereocenters. The molecular formula is C16H21N3O4. The van der Waals surface area contributed by atoms with Gasteiger partial charge in [-0.25, -0.2) is 0 Å². The molecule has 0 spiro atoms. The average Bonchev–Trinajstić information content (AvgIpc) is 2.54. The maximum absolute atomic E-state index is 12.2. The van der Waals surface area contributed by atoms with Gasteiger partial charge in [0, 0.05) is 44.9 Å². The van der Waals surface area contributed by atoms with Gasteiger partial charge in [-0.3, -0.25) is 14.5 Å². The molecule has 0 unspecified atom stereocenters. The number of morpholine rings is 1. The van der Waals surface area contributed by atoms with Crippen LogP contribution in [-0.4, -0.2) is 62.7 Å². The molecule has 23 heavy (non-hydrogen) atoms. The number of nitrogens with one attached hydrogen (secondary N) is 1. The second kappa shape index (κ2) is 6.97. The number of rotatable bonds is 4. The molecule has 2 heterocycles. The van der Waals surface area contributed by atoms with Crippen molar-refractivity contribution in [2.24, 2.45) is 0 Å². The smallest absolute Gasteiger partial charge is 0.265 e. The van der Waals surface area contributed by atoms with Crippen molar-refractivity contribution in [3.63, 3.8) is 0 Å². The summed E-state index contributed by atoms with van der Waals surface area (Å²) in [5, 5.41) is 2.72. The van der Waals surface area contributed by atoms with Crippen molar-refractivity contribution in [2.75, 3.05) is 56.2 Å². The number of nitrogens with zero attached hydrogens (tertiary/aromatic N) is 2.